The summed E-state index contributed by atoms with van der Waals surface area (Å²) in [4.78, 5) is 13.8. The Bertz CT molecular complexity index is 1210. The lowest BCUT2D eigenvalue weighted by Crippen LogP contribution is -2.01. The zero-order valence-corrected chi connectivity index (χ0v) is 12.9. The van der Waals surface area contributed by atoms with E-state index in [1.165, 1.54) is 6.07 Å². The third-order valence-electron chi connectivity index (χ3n) is 4.00. The minimum atomic E-state index is -0.371. The van der Waals surface area contributed by atoms with Gasteiger partial charge in [-0.25, -0.2) is 19.3 Å². The molecule has 0 bridgehead atoms. The summed E-state index contributed by atoms with van der Waals surface area (Å²) < 4.78 is 21.6. The number of benzene rings is 2. The first-order valence-corrected chi connectivity index (χ1v) is 7.75. The van der Waals surface area contributed by atoms with Crippen LogP contribution in [0.25, 0.3) is 39.6 Å². The molecule has 6 heteroatoms. The van der Waals surface area contributed by atoms with E-state index in [0.29, 0.717) is 28.6 Å². The molecule has 25 heavy (non-hydrogen) atoms. The predicted octanol–water partition coefficient (Wildman–Crippen LogP) is 4.37. The lowest BCUT2D eigenvalue weighted by molar-refractivity contribution is 0.574. The summed E-state index contributed by atoms with van der Waals surface area (Å²) >= 11 is 0. The van der Waals surface area contributed by atoms with Crippen LogP contribution < -0.4 is 0 Å². The molecule has 0 fully saturated rings. The van der Waals surface area contributed by atoms with Crippen molar-refractivity contribution in [2.75, 3.05) is 0 Å². The van der Waals surface area contributed by atoms with Gasteiger partial charge in [0.25, 0.3) is 0 Å². The van der Waals surface area contributed by atoms with Gasteiger partial charge < -0.3 is 4.42 Å². The van der Waals surface area contributed by atoms with Crippen molar-refractivity contribution >= 4 is 22.3 Å². The van der Waals surface area contributed by atoms with Crippen LogP contribution in [0.2, 0.25) is 0 Å². The molecule has 0 aliphatic rings. The zero-order valence-electron chi connectivity index (χ0n) is 12.9. The van der Waals surface area contributed by atoms with Gasteiger partial charge in [0, 0.05) is 0 Å². The number of rotatable bonds is 2. The number of nitrogens with zero attached hydrogens (tertiary/aromatic N) is 4. The maximum atomic E-state index is 14.5. The van der Waals surface area contributed by atoms with E-state index in [0.717, 1.165) is 11.0 Å². The van der Waals surface area contributed by atoms with Gasteiger partial charge in [0.15, 0.2) is 22.9 Å². The van der Waals surface area contributed by atoms with Crippen molar-refractivity contribution in [3.63, 3.8) is 0 Å². The first-order chi connectivity index (χ1) is 12.3. The fourth-order valence-electron chi connectivity index (χ4n) is 2.89. The van der Waals surface area contributed by atoms with Crippen molar-refractivity contribution in [1.82, 2.24) is 19.5 Å². The van der Waals surface area contributed by atoms with Gasteiger partial charge in [0.05, 0.1) is 23.0 Å². The second kappa shape index (κ2) is 5.24. The van der Waals surface area contributed by atoms with Gasteiger partial charge in [-0.2, -0.15) is 0 Å². The number of para-hydroxylation sites is 3. The molecule has 2 aromatic carbocycles. The average molecular weight is 330 g/mol. The number of imidazole rings is 1. The molecule has 0 aliphatic heterocycles. The van der Waals surface area contributed by atoms with Gasteiger partial charge in [0.2, 0.25) is 0 Å². The molecule has 120 valence electrons. The Labute approximate surface area is 141 Å². The molecular formula is C19H11FN4O. The van der Waals surface area contributed by atoms with E-state index < -0.39 is 0 Å². The molecule has 0 radical (unpaired) electrons. The highest BCUT2D eigenvalue weighted by molar-refractivity contribution is 5.85. The number of furan rings is 1. The predicted molar refractivity (Wildman–Crippen MR) is 91.8 cm³/mol. The SMILES string of the molecule is Fc1ccccc1-n1c(-c2ccco2)nc2nc3ccccc3nc21. The van der Waals surface area contributed by atoms with Crippen LogP contribution >= 0.6 is 0 Å². The van der Waals surface area contributed by atoms with Crippen LogP contribution in [0.3, 0.4) is 0 Å². The third-order valence-corrected chi connectivity index (χ3v) is 4.00. The first-order valence-electron chi connectivity index (χ1n) is 7.75. The molecule has 0 saturated heterocycles. The minimum Gasteiger partial charge on any atom is -0.461 e. The topological polar surface area (TPSA) is 56.7 Å². The van der Waals surface area contributed by atoms with Crippen molar-refractivity contribution in [2.24, 2.45) is 0 Å². The maximum absolute atomic E-state index is 14.5. The lowest BCUT2D eigenvalue weighted by atomic mass is 10.3. The average Bonchev–Trinajstić information content (AvgIpc) is 3.28. The van der Waals surface area contributed by atoms with Crippen LogP contribution in [0, 0.1) is 5.82 Å². The molecule has 0 atom stereocenters. The summed E-state index contributed by atoms with van der Waals surface area (Å²) in [6, 6.07) is 17.6. The van der Waals surface area contributed by atoms with E-state index in [1.807, 2.05) is 24.3 Å². The van der Waals surface area contributed by atoms with E-state index in [2.05, 4.69) is 15.0 Å². The van der Waals surface area contributed by atoms with Crippen LogP contribution in [0.1, 0.15) is 0 Å². The Morgan fingerprint density at radius 3 is 2.32 bits per heavy atom. The van der Waals surface area contributed by atoms with Crippen molar-refractivity contribution in [2.45, 2.75) is 0 Å². The number of hydrogen-bond acceptors (Lipinski definition) is 4. The monoisotopic (exact) mass is 330 g/mol. The molecule has 0 spiro atoms. The highest BCUT2D eigenvalue weighted by atomic mass is 19.1. The van der Waals surface area contributed by atoms with E-state index in [-0.39, 0.29) is 5.82 Å². The Morgan fingerprint density at radius 2 is 1.56 bits per heavy atom. The van der Waals surface area contributed by atoms with Crippen LogP contribution in [0.15, 0.2) is 71.3 Å². The minimum absolute atomic E-state index is 0.348. The molecule has 0 saturated carbocycles. The molecule has 0 aliphatic carbocycles. The van der Waals surface area contributed by atoms with E-state index >= 15 is 0 Å². The van der Waals surface area contributed by atoms with Gasteiger partial charge in [-0.15, -0.1) is 0 Å². The number of fused-ring (bicyclic) bond motifs is 2. The van der Waals surface area contributed by atoms with Gasteiger partial charge >= 0.3 is 0 Å². The van der Waals surface area contributed by atoms with Crippen LogP contribution in [0.5, 0.6) is 0 Å². The maximum Gasteiger partial charge on any atom is 0.199 e. The summed E-state index contributed by atoms with van der Waals surface area (Å²) in [7, 11) is 0. The highest BCUT2D eigenvalue weighted by Gasteiger charge is 2.20. The lowest BCUT2D eigenvalue weighted by Gasteiger charge is -2.08. The molecule has 5 nitrogen and oxygen atoms in total. The molecule has 5 rings (SSSR count). The Hall–Kier alpha value is -3.54. The van der Waals surface area contributed by atoms with Gasteiger partial charge in [-0.05, 0) is 36.4 Å². The van der Waals surface area contributed by atoms with Crippen LogP contribution in [-0.2, 0) is 0 Å². The van der Waals surface area contributed by atoms with Gasteiger partial charge in [-0.3, -0.25) is 4.57 Å². The van der Waals surface area contributed by atoms with E-state index in [4.69, 9.17) is 4.42 Å². The first kappa shape index (κ1) is 13.9. The molecular weight excluding hydrogens is 319 g/mol. The van der Waals surface area contributed by atoms with Gasteiger partial charge in [0.1, 0.15) is 5.82 Å². The zero-order chi connectivity index (χ0) is 16.8. The molecule has 3 heterocycles. The third kappa shape index (κ3) is 2.11. The molecule has 0 amide bonds. The smallest absolute Gasteiger partial charge is 0.199 e. The fraction of sp³-hybridized carbons (Fsp3) is 0. The van der Waals surface area contributed by atoms with Crippen molar-refractivity contribution in [1.29, 1.82) is 0 Å². The summed E-state index contributed by atoms with van der Waals surface area (Å²) in [5, 5.41) is 0. The summed E-state index contributed by atoms with van der Waals surface area (Å²) in [6.07, 6.45) is 1.55. The standard InChI is InChI=1S/C19H11FN4O/c20-12-6-1-4-9-15(12)24-18(16-10-5-11-25-16)23-17-19(24)22-14-8-3-2-7-13(14)21-17/h1-11H. The second-order valence-electron chi connectivity index (χ2n) is 5.56. The van der Waals surface area contributed by atoms with E-state index in [1.54, 1.807) is 41.2 Å². The van der Waals surface area contributed by atoms with Crippen LogP contribution in [-0.4, -0.2) is 19.5 Å². The normalized spacial score (nSPS) is 11.4. The van der Waals surface area contributed by atoms with Crippen LogP contribution in [0.4, 0.5) is 4.39 Å². The van der Waals surface area contributed by atoms with Crippen molar-refractivity contribution in [3.8, 4) is 17.3 Å². The molecule has 3 aromatic heterocycles. The number of aromatic nitrogens is 4. The Kier molecular flexibility index (Phi) is 2.90. The summed E-state index contributed by atoms with van der Waals surface area (Å²) in [5.74, 6) is 0.608. The fourth-order valence-corrected chi connectivity index (χ4v) is 2.89. The molecule has 5 aromatic rings. The summed E-state index contributed by atoms with van der Waals surface area (Å²) in [5.41, 5.74) is 2.72. The highest BCUT2D eigenvalue weighted by Crippen LogP contribution is 2.29. The Morgan fingerprint density at radius 1 is 0.800 bits per heavy atom. The van der Waals surface area contributed by atoms with Crippen molar-refractivity contribution < 1.29 is 8.81 Å². The molecule has 0 unspecified atom stereocenters. The quantitative estimate of drug-likeness (QED) is 0.482. The number of hydrogen-bond donors (Lipinski definition) is 0. The second-order valence-corrected chi connectivity index (χ2v) is 5.56. The Balaban J connectivity index is 1.93. The van der Waals surface area contributed by atoms with Gasteiger partial charge in [-0.1, -0.05) is 24.3 Å². The number of halogens is 1. The molecule has 0 N–H and O–H groups in total. The van der Waals surface area contributed by atoms with Crippen molar-refractivity contribution in [3.05, 3.63) is 72.7 Å². The van der Waals surface area contributed by atoms with E-state index in [9.17, 15) is 4.39 Å². The largest absolute Gasteiger partial charge is 0.461 e. The summed E-state index contributed by atoms with van der Waals surface area (Å²) in [6.45, 7) is 0.